The third-order valence-corrected chi connectivity index (χ3v) is 13.4. The average molecular weight is 1060 g/mol. The number of hydrogen-bond donors (Lipinski definition) is 13. The number of aliphatic imine (C=N–C) groups is 1. The van der Waals surface area contributed by atoms with E-state index in [2.05, 4.69) is 36.9 Å². The number of carboxylic acids is 2. The average Bonchev–Trinajstić information content (AvgIpc) is 4.05. The van der Waals surface area contributed by atoms with Crippen LogP contribution in [0.4, 0.5) is 0 Å². The van der Waals surface area contributed by atoms with E-state index in [1.807, 2.05) is 0 Å². The Kier molecular flexibility index (Phi) is 24.8. The van der Waals surface area contributed by atoms with Crippen LogP contribution in [0.2, 0.25) is 0 Å². The molecule has 2 heterocycles. The second-order valence-electron chi connectivity index (χ2n) is 18.5. The van der Waals surface area contributed by atoms with Gasteiger partial charge in [0.2, 0.25) is 47.3 Å². The number of guanidine groups is 1. The van der Waals surface area contributed by atoms with Gasteiger partial charge in [0.05, 0.1) is 18.6 Å². The fourth-order valence-corrected chi connectivity index (χ4v) is 8.89. The van der Waals surface area contributed by atoms with Crippen molar-refractivity contribution in [1.82, 2.24) is 41.7 Å². The van der Waals surface area contributed by atoms with E-state index in [9.17, 15) is 68.4 Å². The number of phenolic OH excluding ortho intramolecular Hbond substituents is 1. The van der Waals surface area contributed by atoms with Crippen molar-refractivity contribution in [3.63, 3.8) is 0 Å². The first-order valence-electron chi connectivity index (χ1n) is 24.5. The molecule has 0 aliphatic carbocycles. The van der Waals surface area contributed by atoms with Gasteiger partial charge in [-0.3, -0.25) is 48.1 Å². The minimum absolute atomic E-state index is 0.0837. The van der Waals surface area contributed by atoms with Crippen LogP contribution in [0, 0.1) is 5.92 Å². The second-order valence-corrected chi connectivity index (χ2v) is 19.5. The number of thioether (sulfide) groups is 1. The molecule has 3 rings (SSSR count). The highest BCUT2D eigenvalue weighted by molar-refractivity contribution is 7.98. The number of carbonyl (C=O) groups is 10. The van der Waals surface area contributed by atoms with Crippen molar-refractivity contribution in [1.29, 1.82) is 0 Å². The van der Waals surface area contributed by atoms with Gasteiger partial charge in [-0.25, -0.2) is 4.79 Å². The molecule has 8 amide bonds. The number of benzene rings is 1. The van der Waals surface area contributed by atoms with Gasteiger partial charge in [0.1, 0.15) is 54.1 Å². The predicted molar refractivity (Wildman–Crippen MR) is 270 cm³/mol. The second kappa shape index (κ2) is 29.8. The number of amides is 8. The number of aliphatic carboxylic acids is 2. The summed E-state index contributed by atoms with van der Waals surface area (Å²) >= 11 is 1.36. The lowest BCUT2D eigenvalue weighted by atomic mass is 9.97. The molecule has 16 N–H and O–H groups in total. The lowest BCUT2D eigenvalue weighted by Crippen LogP contribution is -2.62. The summed E-state index contributed by atoms with van der Waals surface area (Å²) in [5.41, 5.74) is 17.1. The predicted octanol–water partition coefficient (Wildman–Crippen LogP) is -3.03. The Hall–Kier alpha value is -6.74. The quantitative estimate of drug-likeness (QED) is 0.0216. The number of phenols is 1. The van der Waals surface area contributed by atoms with Crippen LogP contribution in [0.5, 0.6) is 5.75 Å². The first-order chi connectivity index (χ1) is 34.9. The minimum atomic E-state index is -1.93. The molecule has 74 heavy (non-hydrogen) atoms. The van der Waals surface area contributed by atoms with Crippen LogP contribution in [0.15, 0.2) is 29.3 Å². The molecule has 0 unspecified atom stereocenters. The van der Waals surface area contributed by atoms with Gasteiger partial charge in [-0.05, 0) is 94.4 Å². The molecule has 2 fully saturated rings. The van der Waals surface area contributed by atoms with Gasteiger partial charge in [-0.15, -0.1) is 0 Å². The fourth-order valence-electron chi connectivity index (χ4n) is 8.42. The van der Waals surface area contributed by atoms with Crippen LogP contribution < -0.4 is 49.1 Å². The first kappa shape index (κ1) is 61.6. The van der Waals surface area contributed by atoms with E-state index in [1.54, 1.807) is 20.1 Å². The summed E-state index contributed by atoms with van der Waals surface area (Å²) in [7, 11) is 0. The number of nitrogens with one attached hydrogen (secondary N) is 6. The maximum absolute atomic E-state index is 14.2. The Morgan fingerprint density at radius 1 is 0.743 bits per heavy atom. The number of aliphatic hydroxyl groups is 1. The van der Waals surface area contributed by atoms with E-state index in [1.165, 1.54) is 52.8 Å². The Labute approximate surface area is 433 Å². The molecule has 2 aliphatic rings. The van der Waals surface area contributed by atoms with Gasteiger partial charge in [-0.1, -0.05) is 32.4 Å². The van der Waals surface area contributed by atoms with Crippen LogP contribution >= 0.6 is 11.8 Å². The number of carboxylic acid groups (broad SMARTS) is 2. The van der Waals surface area contributed by atoms with Gasteiger partial charge < -0.3 is 79.3 Å². The van der Waals surface area contributed by atoms with Crippen LogP contribution in [0.3, 0.4) is 0 Å². The number of aromatic hydroxyl groups is 1. The number of nitrogens with two attached hydrogens (primary N) is 3. The molecule has 1 aromatic carbocycles. The lowest BCUT2D eigenvalue weighted by molar-refractivity contribution is -0.148. The summed E-state index contributed by atoms with van der Waals surface area (Å²) in [6, 6.07) is -6.51. The highest BCUT2D eigenvalue weighted by Gasteiger charge is 2.44. The molecule has 26 nitrogen and oxygen atoms in total. The maximum Gasteiger partial charge on any atom is 0.326 e. The Morgan fingerprint density at radius 3 is 1.91 bits per heavy atom. The topological polar surface area (TPSA) is 421 Å². The third kappa shape index (κ3) is 18.6. The van der Waals surface area contributed by atoms with Gasteiger partial charge in [0, 0.05) is 26.1 Å². The molecule has 11 atom stereocenters. The molecule has 0 spiro atoms. The van der Waals surface area contributed by atoms with E-state index in [4.69, 9.17) is 17.2 Å². The molecule has 1 aromatic rings. The molecule has 27 heteroatoms. The summed E-state index contributed by atoms with van der Waals surface area (Å²) in [6.45, 7) is 6.50. The third-order valence-electron chi connectivity index (χ3n) is 12.8. The van der Waals surface area contributed by atoms with E-state index in [0.29, 0.717) is 37.0 Å². The van der Waals surface area contributed by atoms with E-state index in [-0.39, 0.29) is 63.4 Å². The van der Waals surface area contributed by atoms with Crippen molar-refractivity contribution in [2.24, 2.45) is 28.1 Å². The number of rotatable bonds is 29. The zero-order valence-electron chi connectivity index (χ0n) is 42.4. The summed E-state index contributed by atoms with van der Waals surface area (Å²) < 4.78 is 0. The van der Waals surface area contributed by atoms with Crippen molar-refractivity contribution in [3.05, 3.63) is 29.8 Å². The van der Waals surface area contributed by atoms with E-state index >= 15 is 0 Å². The summed E-state index contributed by atoms with van der Waals surface area (Å²) in [6.07, 6.45) is 1.07. The number of carbonyl (C=O) groups excluding carboxylic acids is 8. The van der Waals surface area contributed by atoms with Gasteiger partial charge >= 0.3 is 11.9 Å². The maximum atomic E-state index is 14.2. The largest absolute Gasteiger partial charge is 0.508 e. The monoisotopic (exact) mass is 1060 g/mol. The molecule has 0 aromatic heterocycles. The van der Waals surface area contributed by atoms with Crippen LogP contribution in [-0.4, -0.2) is 188 Å². The highest BCUT2D eigenvalue weighted by Crippen LogP contribution is 2.26. The number of hydrogen-bond acceptors (Lipinski definition) is 15. The van der Waals surface area contributed by atoms with E-state index in [0.717, 1.165) is 6.92 Å². The van der Waals surface area contributed by atoms with Crippen LogP contribution in [0.25, 0.3) is 0 Å². The Morgan fingerprint density at radius 2 is 1.32 bits per heavy atom. The minimum Gasteiger partial charge on any atom is -0.508 e. The number of aliphatic hydroxyl groups excluding tert-OH is 1. The summed E-state index contributed by atoms with van der Waals surface area (Å²) in [4.78, 5) is 141. The standard InChI is InChI=1S/C47H74N12O14S/c1-6-24(2)36(42(68)53-30(46(72)73)17-21-74-5)56-43(69)37(26(4)60)57-40(66)32(23-35(62)63)54-39(65)31(22-27-13-15-28(61)16-14-27)55-41(67)33-11-8-19-58(33)45(71)34-12-9-20-59(34)44(70)25(3)52-38(64)29(48)10-7-18-51-47(49)50/h13-16,24-26,29-34,36-37,60-61H,6-12,17-23,48H2,1-5H3,(H,52,64)(H,53,68)(H,54,65)(H,55,67)(H,56,69)(H,57,66)(H,62,63)(H,72,73)(H4,49,50,51)/t24-,25-,26+,29-,30-,31-,32-,33-,34-,36-,37-/m0/s1. The molecule has 0 saturated carbocycles. The molecule has 412 valence electrons. The molecular formula is C47H74N12O14S. The van der Waals surface area contributed by atoms with Crippen molar-refractivity contribution >= 4 is 76.9 Å². The summed E-state index contributed by atoms with van der Waals surface area (Å²) in [5, 5.41) is 54.9. The zero-order valence-corrected chi connectivity index (χ0v) is 43.2. The Balaban J connectivity index is 1.82. The molecule has 0 bridgehead atoms. The Bertz CT molecular complexity index is 2180. The van der Waals surface area contributed by atoms with Crippen molar-refractivity contribution < 1.29 is 68.4 Å². The number of likely N-dealkylation sites (tertiary alicyclic amines) is 2. The normalized spacial score (nSPS) is 18.9. The fraction of sp³-hybridized carbons (Fsp3) is 0.638. The van der Waals surface area contributed by atoms with Crippen LogP contribution in [0.1, 0.15) is 91.0 Å². The van der Waals surface area contributed by atoms with Crippen molar-refractivity contribution in [2.45, 2.75) is 152 Å². The SMILES string of the molecule is CC[C@H](C)[C@H](NC(=O)[C@@H](NC(=O)[C@H](CC(=O)O)NC(=O)[C@H](Cc1ccc(O)cc1)NC(=O)[C@@H]1CCCN1C(=O)[C@@H]1CCCN1C(=O)[C@H](C)NC(=O)[C@@H](N)CCCN=C(N)N)[C@@H](C)O)C(=O)N[C@@H](CCSC)C(=O)O. The smallest absolute Gasteiger partial charge is 0.326 e. The van der Waals surface area contributed by atoms with Crippen molar-refractivity contribution in [2.75, 3.05) is 31.6 Å². The molecule has 2 aliphatic heterocycles. The van der Waals surface area contributed by atoms with Crippen LogP contribution in [-0.2, 0) is 54.4 Å². The highest BCUT2D eigenvalue weighted by atomic mass is 32.2. The molecule has 2 saturated heterocycles. The summed E-state index contributed by atoms with van der Waals surface area (Å²) in [5.74, 6) is -9.94. The number of nitrogens with zero attached hydrogens (tertiary/aromatic N) is 3. The van der Waals surface area contributed by atoms with Crippen molar-refractivity contribution in [3.8, 4) is 5.75 Å². The van der Waals surface area contributed by atoms with Gasteiger partial charge in [0.15, 0.2) is 5.96 Å². The van der Waals surface area contributed by atoms with Gasteiger partial charge in [0.25, 0.3) is 0 Å². The molecule has 0 radical (unpaired) electrons. The lowest BCUT2D eigenvalue weighted by Gasteiger charge is -2.33. The first-order valence-corrected chi connectivity index (χ1v) is 25.9. The molecular weight excluding hydrogens is 989 g/mol. The van der Waals surface area contributed by atoms with E-state index < -0.39 is 132 Å². The van der Waals surface area contributed by atoms with Gasteiger partial charge in [-0.2, -0.15) is 11.8 Å². The zero-order chi connectivity index (χ0) is 55.4.